The molecule has 0 radical (unpaired) electrons. The first-order chi connectivity index (χ1) is 13.1. The summed E-state index contributed by atoms with van der Waals surface area (Å²) in [6, 6.07) is 6.54. The van der Waals surface area contributed by atoms with Gasteiger partial charge in [-0.05, 0) is 19.3 Å². The van der Waals surface area contributed by atoms with Crippen molar-refractivity contribution in [1.29, 1.82) is 21.2 Å². The zero-order valence-corrected chi connectivity index (χ0v) is 16.1. The topological polar surface area (TPSA) is 114 Å². The molecule has 0 spiro atoms. The smallest absolute Gasteiger partial charge is 0.217 e. The Labute approximate surface area is 161 Å². The number of nitriles is 3. The molecule has 0 aromatic heterocycles. The van der Waals surface area contributed by atoms with Crippen LogP contribution in [0, 0.1) is 56.2 Å². The summed E-state index contributed by atoms with van der Waals surface area (Å²) in [6.07, 6.45) is 9.01. The van der Waals surface area contributed by atoms with Crippen LogP contribution in [0.5, 0.6) is 0 Å². The molecule has 1 saturated carbocycles. The van der Waals surface area contributed by atoms with Gasteiger partial charge in [-0.25, -0.2) is 0 Å². The molecule has 144 valence electrons. The Bertz CT molecular complexity index is 701. The minimum absolute atomic E-state index is 0.240. The zero-order valence-electron chi connectivity index (χ0n) is 16.1. The first-order valence-electron chi connectivity index (χ1n) is 10.3. The maximum absolute atomic E-state index is 10.2. The van der Waals surface area contributed by atoms with E-state index in [4.69, 9.17) is 14.9 Å². The monoisotopic (exact) mass is 368 g/mol. The van der Waals surface area contributed by atoms with Crippen molar-refractivity contribution >= 4 is 5.90 Å². The fourth-order valence-corrected chi connectivity index (χ4v) is 5.34. The number of unbranched alkanes of at least 4 members (excludes halogenated alkanes) is 3. The van der Waals surface area contributed by atoms with Crippen molar-refractivity contribution in [3.05, 3.63) is 0 Å². The molecule has 0 amide bonds. The predicted molar refractivity (Wildman–Crippen MR) is 98.1 cm³/mol. The average molecular weight is 368 g/mol. The molecule has 4 unspecified atom stereocenters. The van der Waals surface area contributed by atoms with Gasteiger partial charge in [-0.1, -0.05) is 51.9 Å². The van der Waals surface area contributed by atoms with Crippen molar-refractivity contribution < 1.29 is 9.47 Å². The first-order valence-corrected chi connectivity index (χ1v) is 10.3. The lowest BCUT2D eigenvalue weighted by molar-refractivity contribution is -0.287. The van der Waals surface area contributed by atoms with Gasteiger partial charge < -0.3 is 9.47 Å². The Morgan fingerprint density at radius 3 is 2.44 bits per heavy atom. The predicted octanol–water partition coefficient (Wildman–Crippen LogP) is 4.57. The van der Waals surface area contributed by atoms with E-state index in [-0.39, 0.29) is 5.90 Å². The summed E-state index contributed by atoms with van der Waals surface area (Å²) < 4.78 is 12.4. The molecule has 3 fully saturated rings. The lowest BCUT2D eigenvalue weighted by Gasteiger charge is -2.50. The minimum atomic E-state index is -1.70. The fraction of sp³-hybridized carbons (Fsp3) is 0.810. The molecule has 0 aromatic carbocycles. The molecular weight excluding hydrogens is 340 g/mol. The first kappa shape index (κ1) is 19.7. The maximum Gasteiger partial charge on any atom is 0.217 e. The van der Waals surface area contributed by atoms with Gasteiger partial charge in [0, 0.05) is 6.42 Å². The van der Waals surface area contributed by atoms with E-state index in [9.17, 15) is 15.8 Å². The highest BCUT2D eigenvalue weighted by Crippen LogP contribution is 2.65. The summed E-state index contributed by atoms with van der Waals surface area (Å²) in [4.78, 5) is 0. The van der Waals surface area contributed by atoms with Crippen LogP contribution in [-0.4, -0.2) is 17.8 Å². The summed E-state index contributed by atoms with van der Waals surface area (Å²) in [7, 11) is 0. The van der Waals surface area contributed by atoms with Crippen LogP contribution in [0.4, 0.5) is 0 Å². The van der Waals surface area contributed by atoms with Crippen LogP contribution in [-0.2, 0) is 9.47 Å². The highest BCUT2D eigenvalue weighted by Gasteiger charge is 2.79. The molecule has 2 bridgehead atoms. The van der Waals surface area contributed by atoms with Crippen LogP contribution in [0.3, 0.4) is 0 Å². The third-order valence-electron chi connectivity index (χ3n) is 6.75. The number of nitrogens with zero attached hydrogens (tertiary/aromatic N) is 3. The zero-order chi connectivity index (χ0) is 19.5. The molecule has 2 aliphatic heterocycles. The molecule has 4 atom stereocenters. The molecule has 1 aliphatic carbocycles. The van der Waals surface area contributed by atoms with Crippen molar-refractivity contribution in [2.75, 3.05) is 0 Å². The van der Waals surface area contributed by atoms with Gasteiger partial charge in [0.25, 0.3) is 0 Å². The highest BCUT2D eigenvalue weighted by atomic mass is 16.7. The van der Waals surface area contributed by atoms with Crippen molar-refractivity contribution in [2.45, 2.75) is 89.4 Å². The SMILES string of the molecule is CCCCCCC1OC23CCCCCCC2C(C#N)(C(=N)O3)C1(C#N)C#N. The van der Waals surface area contributed by atoms with Crippen LogP contribution >= 0.6 is 0 Å². The third-order valence-corrected chi connectivity index (χ3v) is 6.75. The van der Waals surface area contributed by atoms with Crippen LogP contribution in [0.15, 0.2) is 0 Å². The third kappa shape index (κ3) is 2.64. The van der Waals surface area contributed by atoms with Gasteiger partial charge in [0.1, 0.15) is 0 Å². The summed E-state index contributed by atoms with van der Waals surface area (Å²) >= 11 is 0. The second kappa shape index (κ2) is 7.49. The molecule has 0 aromatic rings. The standard InChI is InChI=1S/C21H28N4O2/c1-2-3-4-8-11-17-19(13-22,14-23)20(15-24)16-10-7-5-6-9-12-21(16,26-17)27-18(20)25/h16-17,25H,2-12H2,1H3. The van der Waals surface area contributed by atoms with Gasteiger partial charge in [0.2, 0.25) is 11.7 Å². The Morgan fingerprint density at radius 2 is 1.78 bits per heavy atom. The molecule has 6 nitrogen and oxygen atoms in total. The molecule has 3 aliphatic rings. The minimum Gasteiger partial charge on any atom is -0.447 e. The van der Waals surface area contributed by atoms with Crippen LogP contribution in [0.1, 0.15) is 77.6 Å². The van der Waals surface area contributed by atoms with E-state index in [1.807, 2.05) is 0 Å². The van der Waals surface area contributed by atoms with Crippen molar-refractivity contribution in [1.82, 2.24) is 0 Å². The second-order valence-corrected chi connectivity index (χ2v) is 8.16. The second-order valence-electron chi connectivity index (χ2n) is 8.16. The van der Waals surface area contributed by atoms with E-state index in [1.54, 1.807) is 0 Å². The van der Waals surface area contributed by atoms with Gasteiger partial charge in [0.15, 0.2) is 10.8 Å². The molecule has 2 saturated heterocycles. The van der Waals surface area contributed by atoms with E-state index >= 15 is 0 Å². The lowest BCUT2D eigenvalue weighted by atomic mass is 9.52. The maximum atomic E-state index is 10.2. The Hall–Kier alpha value is -2.10. The largest absolute Gasteiger partial charge is 0.447 e. The van der Waals surface area contributed by atoms with Gasteiger partial charge in [0.05, 0.1) is 30.2 Å². The van der Waals surface area contributed by atoms with Gasteiger partial charge in [-0.3, -0.25) is 5.41 Å². The van der Waals surface area contributed by atoms with E-state index in [2.05, 4.69) is 25.1 Å². The van der Waals surface area contributed by atoms with E-state index in [1.165, 1.54) is 0 Å². The summed E-state index contributed by atoms with van der Waals surface area (Å²) in [6.45, 7) is 2.13. The average Bonchev–Trinajstić information content (AvgIpc) is 2.83. The number of hydrogen-bond acceptors (Lipinski definition) is 6. The van der Waals surface area contributed by atoms with Crippen LogP contribution in [0.2, 0.25) is 0 Å². The number of hydrogen-bond donors (Lipinski definition) is 1. The molecule has 1 N–H and O–H groups in total. The number of rotatable bonds is 5. The van der Waals surface area contributed by atoms with Gasteiger partial charge in [-0.15, -0.1) is 0 Å². The van der Waals surface area contributed by atoms with E-state index < -0.39 is 28.6 Å². The lowest BCUT2D eigenvalue weighted by Crippen LogP contribution is -2.62. The normalized spacial score (nSPS) is 36.9. The van der Waals surface area contributed by atoms with E-state index in [0.29, 0.717) is 19.3 Å². The molecular formula is C21H28N4O2. The Kier molecular flexibility index (Phi) is 5.45. The Balaban J connectivity index is 2.06. The summed E-state index contributed by atoms with van der Waals surface area (Å²) in [5, 5.41) is 39.0. The van der Waals surface area contributed by atoms with Crippen molar-refractivity contribution in [2.24, 2.45) is 16.7 Å². The van der Waals surface area contributed by atoms with Crippen LogP contribution < -0.4 is 0 Å². The number of nitrogens with one attached hydrogen (secondary N) is 1. The summed E-state index contributed by atoms with van der Waals surface area (Å²) in [5.74, 6) is -1.70. The van der Waals surface area contributed by atoms with E-state index in [0.717, 1.165) is 51.4 Å². The molecule has 2 heterocycles. The van der Waals surface area contributed by atoms with Gasteiger partial charge >= 0.3 is 0 Å². The quantitative estimate of drug-likeness (QED) is 0.714. The van der Waals surface area contributed by atoms with Crippen LogP contribution in [0.25, 0.3) is 0 Å². The number of ether oxygens (including phenoxy) is 2. The molecule has 27 heavy (non-hydrogen) atoms. The summed E-state index contributed by atoms with van der Waals surface area (Å²) in [5.41, 5.74) is -3.24. The molecule has 3 rings (SSSR count). The fourth-order valence-electron chi connectivity index (χ4n) is 5.34. The Morgan fingerprint density at radius 1 is 1.04 bits per heavy atom. The van der Waals surface area contributed by atoms with Crippen molar-refractivity contribution in [3.63, 3.8) is 0 Å². The van der Waals surface area contributed by atoms with Gasteiger partial charge in [-0.2, -0.15) is 15.8 Å². The molecule has 6 heteroatoms. The van der Waals surface area contributed by atoms with Crippen molar-refractivity contribution in [3.8, 4) is 18.2 Å². The highest BCUT2D eigenvalue weighted by molar-refractivity contribution is 5.89.